The molecule has 1 aliphatic carbocycles. The van der Waals surface area contributed by atoms with Crippen molar-refractivity contribution < 1.29 is 13.2 Å². The maximum atomic E-state index is 12.9. The third-order valence-electron chi connectivity index (χ3n) is 4.11. The number of rotatable bonds is 1. The Balaban J connectivity index is 2.00. The Kier molecular flexibility index (Phi) is 3.27. The van der Waals surface area contributed by atoms with E-state index < -0.39 is 11.9 Å². The van der Waals surface area contributed by atoms with Crippen molar-refractivity contribution in [3.05, 3.63) is 10.2 Å². The zero-order valence-electron chi connectivity index (χ0n) is 10.3. The summed E-state index contributed by atoms with van der Waals surface area (Å²) in [7, 11) is 0. The summed E-state index contributed by atoms with van der Waals surface area (Å²) in [6.45, 7) is 0.711. The van der Waals surface area contributed by atoms with Gasteiger partial charge in [-0.15, -0.1) is 0 Å². The molecule has 1 aromatic heterocycles. The summed E-state index contributed by atoms with van der Waals surface area (Å²) in [5.41, 5.74) is -0.820. The maximum absolute atomic E-state index is 12.9. The van der Waals surface area contributed by atoms with Gasteiger partial charge >= 0.3 is 6.18 Å². The molecule has 3 rings (SSSR count). The van der Waals surface area contributed by atoms with E-state index in [0.717, 1.165) is 19.3 Å². The van der Waals surface area contributed by atoms with E-state index in [1.807, 2.05) is 0 Å². The average Bonchev–Trinajstić information content (AvgIpc) is 2.96. The number of hydrogen-bond acceptors (Lipinski definition) is 2. The lowest BCUT2D eigenvalue weighted by atomic mass is 9.94. The number of fused-ring (bicyclic) bond motifs is 1. The lowest BCUT2D eigenvalue weighted by molar-refractivity contribution is -0.142. The van der Waals surface area contributed by atoms with E-state index in [1.54, 1.807) is 4.68 Å². The molecule has 1 fully saturated rings. The minimum atomic E-state index is -4.41. The monoisotopic (exact) mass is 337 g/mol. The van der Waals surface area contributed by atoms with E-state index in [0.29, 0.717) is 18.3 Å². The molecule has 0 radical (unpaired) electrons. The normalized spacial score (nSPS) is 24.3. The number of nitrogens with zero attached hydrogens (tertiary/aromatic N) is 2. The van der Waals surface area contributed by atoms with E-state index in [9.17, 15) is 13.2 Å². The number of aromatic nitrogens is 2. The van der Waals surface area contributed by atoms with Gasteiger partial charge in [0.25, 0.3) is 0 Å². The second-order valence-electron chi connectivity index (χ2n) is 5.28. The zero-order chi connectivity index (χ0) is 13.6. The summed E-state index contributed by atoms with van der Waals surface area (Å²) in [4.78, 5) is 0. The van der Waals surface area contributed by atoms with Gasteiger partial charge in [0.1, 0.15) is 5.82 Å². The molecule has 1 N–H and O–H groups in total. The molecular weight excluding hydrogens is 323 g/mol. The Hall–Kier alpha value is -0.720. The molecule has 2 heterocycles. The standard InChI is InChI=1S/C12H15BrF3N3/c13-9-10(12(14,15)16)18-19-8(5-6-17-11(9)19)7-3-1-2-4-7/h7-8,17H,1-6H2. The lowest BCUT2D eigenvalue weighted by Gasteiger charge is -2.30. The molecule has 19 heavy (non-hydrogen) atoms. The Morgan fingerprint density at radius 1 is 1.21 bits per heavy atom. The first-order valence-corrected chi connectivity index (χ1v) is 7.37. The van der Waals surface area contributed by atoms with Gasteiger partial charge in [-0.25, -0.2) is 4.68 Å². The summed E-state index contributed by atoms with van der Waals surface area (Å²) in [5.74, 6) is 0.948. The highest BCUT2D eigenvalue weighted by molar-refractivity contribution is 9.10. The molecule has 1 saturated carbocycles. The Morgan fingerprint density at radius 2 is 1.89 bits per heavy atom. The van der Waals surface area contributed by atoms with Crippen LogP contribution in [0.25, 0.3) is 0 Å². The fourth-order valence-corrected chi connectivity index (χ4v) is 3.86. The predicted molar refractivity (Wildman–Crippen MR) is 69.0 cm³/mol. The van der Waals surface area contributed by atoms with Crippen LogP contribution in [0.1, 0.15) is 43.8 Å². The SMILES string of the molecule is FC(F)(F)c1nn2c(c1Br)NCCC2C1CCCC1. The minimum absolute atomic E-state index is 0.0442. The van der Waals surface area contributed by atoms with Crippen LogP contribution < -0.4 is 5.32 Å². The second kappa shape index (κ2) is 4.68. The fraction of sp³-hybridized carbons (Fsp3) is 0.750. The van der Waals surface area contributed by atoms with Crippen LogP contribution in [0.2, 0.25) is 0 Å². The van der Waals surface area contributed by atoms with Crippen LogP contribution in [0, 0.1) is 5.92 Å². The maximum Gasteiger partial charge on any atom is 0.436 e. The highest BCUT2D eigenvalue weighted by Crippen LogP contribution is 2.44. The Bertz CT molecular complexity index is 477. The third-order valence-corrected chi connectivity index (χ3v) is 4.86. The van der Waals surface area contributed by atoms with E-state index >= 15 is 0 Å². The fourth-order valence-electron chi connectivity index (χ4n) is 3.23. The molecule has 1 atom stereocenters. The molecule has 1 unspecified atom stereocenters. The number of alkyl halides is 3. The summed E-state index contributed by atoms with van der Waals surface area (Å²) in [6, 6.07) is 0.103. The first kappa shape index (κ1) is 13.3. The zero-order valence-corrected chi connectivity index (χ0v) is 11.9. The van der Waals surface area contributed by atoms with Crippen molar-refractivity contribution in [2.75, 3.05) is 11.9 Å². The summed E-state index contributed by atoms with van der Waals surface area (Å²) in [5, 5.41) is 6.86. The number of halogens is 4. The summed E-state index contributed by atoms with van der Waals surface area (Å²) in [6.07, 6.45) is 0.997. The molecule has 7 heteroatoms. The highest BCUT2D eigenvalue weighted by Gasteiger charge is 2.41. The van der Waals surface area contributed by atoms with Gasteiger partial charge in [0.2, 0.25) is 0 Å². The number of nitrogens with one attached hydrogen (secondary N) is 1. The molecule has 0 bridgehead atoms. The molecule has 106 valence electrons. The molecule has 0 saturated heterocycles. The molecule has 0 aromatic carbocycles. The lowest BCUT2D eigenvalue weighted by Crippen LogP contribution is -2.28. The van der Waals surface area contributed by atoms with Gasteiger partial charge in [0.15, 0.2) is 5.69 Å². The van der Waals surface area contributed by atoms with E-state index in [1.165, 1.54) is 12.8 Å². The predicted octanol–water partition coefficient (Wildman–Crippen LogP) is 4.21. The van der Waals surface area contributed by atoms with Gasteiger partial charge in [-0.05, 0) is 41.1 Å². The van der Waals surface area contributed by atoms with Crippen LogP contribution in [0.4, 0.5) is 19.0 Å². The largest absolute Gasteiger partial charge is 0.436 e. The first-order chi connectivity index (χ1) is 8.98. The number of anilines is 1. The van der Waals surface area contributed by atoms with Crippen LogP contribution in [0.3, 0.4) is 0 Å². The van der Waals surface area contributed by atoms with Crippen molar-refractivity contribution in [2.24, 2.45) is 5.92 Å². The van der Waals surface area contributed by atoms with Crippen LogP contribution >= 0.6 is 15.9 Å². The van der Waals surface area contributed by atoms with Crippen molar-refractivity contribution >= 4 is 21.7 Å². The third kappa shape index (κ3) is 2.26. The molecule has 0 amide bonds. The first-order valence-electron chi connectivity index (χ1n) is 6.57. The van der Waals surface area contributed by atoms with Gasteiger partial charge in [0, 0.05) is 6.54 Å². The quantitative estimate of drug-likeness (QED) is 0.831. The second-order valence-corrected chi connectivity index (χ2v) is 6.07. The van der Waals surface area contributed by atoms with Gasteiger partial charge in [-0.2, -0.15) is 18.3 Å². The molecule has 1 aromatic rings. The average molecular weight is 338 g/mol. The van der Waals surface area contributed by atoms with Crippen LogP contribution in [-0.2, 0) is 6.18 Å². The highest BCUT2D eigenvalue weighted by atomic mass is 79.9. The summed E-state index contributed by atoms with van der Waals surface area (Å²) >= 11 is 3.04. The van der Waals surface area contributed by atoms with Gasteiger partial charge < -0.3 is 5.32 Å². The van der Waals surface area contributed by atoms with Crippen LogP contribution in [-0.4, -0.2) is 16.3 Å². The molecule has 0 spiro atoms. The van der Waals surface area contributed by atoms with Gasteiger partial charge in [-0.1, -0.05) is 12.8 Å². The van der Waals surface area contributed by atoms with Crippen molar-refractivity contribution in [1.29, 1.82) is 0 Å². The molecule has 1 aliphatic heterocycles. The Morgan fingerprint density at radius 3 is 2.53 bits per heavy atom. The van der Waals surface area contributed by atoms with Crippen molar-refractivity contribution in [1.82, 2.24) is 9.78 Å². The van der Waals surface area contributed by atoms with E-state index in [4.69, 9.17) is 0 Å². The van der Waals surface area contributed by atoms with Crippen molar-refractivity contribution in [3.8, 4) is 0 Å². The van der Waals surface area contributed by atoms with Crippen molar-refractivity contribution in [3.63, 3.8) is 0 Å². The number of hydrogen-bond donors (Lipinski definition) is 1. The smallest absolute Gasteiger partial charge is 0.369 e. The van der Waals surface area contributed by atoms with Crippen molar-refractivity contribution in [2.45, 2.75) is 44.3 Å². The van der Waals surface area contributed by atoms with E-state index in [-0.39, 0.29) is 10.5 Å². The van der Waals surface area contributed by atoms with Gasteiger partial charge in [-0.3, -0.25) is 0 Å². The molecular formula is C12H15BrF3N3. The summed E-state index contributed by atoms with van der Waals surface area (Å²) < 4.78 is 40.3. The van der Waals surface area contributed by atoms with Crippen LogP contribution in [0.15, 0.2) is 4.47 Å². The topological polar surface area (TPSA) is 29.9 Å². The molecule has 3 nitrogen and oxygen atoms in total. The van der Waals surface area contributed by atoms with E-state index in [2.05, 4.69) is 26.3 Å². The Labute approximate surface area is 117 Å². The molecule has 2 aliphatic rings. The van der Waals surface area contributed by atoms with Gasteiger partial charge in [0.05, 0.1) is 10.5 Å². The minimum Gasteiger partial charge on any atom is -0.369 e. The van der Waals surface area contributed by atoms with Crippen LogP contribution in [0.5, 0.6) is 0 Å².